The Bertz CT molecular complexity index is 435. The molecule has 0 unspecified atom stereocenters. The highest BCUT2D eigenvalue weighted by atomic mass is 16.2. The van der Waals surface area contributed by atoms with Crippen LogP contribution in [0.3, 0.4) is 0 Å². The van der Waals surface area contributed by atoms with Crippen molar-refractivity contribution in [3.05, 3.63) is 0 Å². The Labute approximate surface area is 221 Å². The van der Waals surface area contributed by atoms with Crippen LogP contribution >= 0.6 is 0 Å². The number of hydrogen-bond donors (Lipinski definition) is 0. The van der Waals surface area contributed by atoms with Gasteiger partial charge in [0.05, 0.1) is 0 Å². The van der Waals surface area contributed by atoms with Gasteiger partial charge in [-0.25, -0.2) is 0 Å². The van der Waals surface area contributed by atoms with Gasteiger partial charge in [-0.05, 0) is 19.3 Å². The van der Waals surface area contributed by atoms with Gasteiger partial charge in [-0.15, -0.1) is 0 Å². The maximum atomic E-state index is 11.8. The molecule has 0 spiro atoms. The zero-order valence-corrected chi connectivity index (χ0v) is 24.3. The Morgan fingerprint density at radius 1 is 0.457 bits per heavy atom. The summed E-state index contributed by atoms with van der Waals surface area (Å²) in [6.07, 6.45) is 40.5. The molecule has 0 saturated carbocycles. The van der Waals surface area contributed by atoms with Crippen LogP contribution in [0.1, 0.15) is 193 Å². The number of piperidine rings is 1. The Morgan fingerprint density at radius 3 is 1.09 bits per heavy atom. The summed E-state index contributed by atoms with van der Waals surface area (Å²) in [6.45, 7) is 4.33. The molecule has 1 aliphatic heterocycles. The number of unbranched alkanes of at least 4 members (excludes halogenated alkanes) is 25. The summed E-state index contributed by atoms with van der Waals surface area (Å²) in [5.41, 5.74) is 0. The van der Waals surface area contributed by atoms with E-state index in [9.17, 15) is 4.79 Å². The molecule has 1 amide bonds. The average molecular weight is 492 g/mol. The lowest BCUT2D eigenvalue weighted by Gasteiger charge is -2.26. The van der Waals surface area contributed by atoms with Crippen LogP contribution in [0.2, 0.25) is 0 Å². The standard InChI is InChI=1S/C33H65NO/c1-2-3-4-5-6-7-8-9-10-11-12-13-14-15-16-17-18-19-20-21-22-23-24-25-26-28-31-34-32-29-27-30-33(34)35/h2-32H2,1H3. The molecule has 1 aliphatic rings. The number of nitrogens with zero attached hydrogens (tertiary/aromatic N) is 1. The molecule has 2 nitrogen and oxygen atoms in total. The Hall–Kier alpha value is -0.530. The van der Waals surface area contributed by atoms with Crippen molar-refractivity contribution in [2.24, 2.45) is 0 Å². The SMILES string of the molecule is CCCCCCCCCCCCCCCCCCCCCCCCCCCCN1CCCCC1=O. The smallest absolute Gasteiger partial charge is 0.222 e. The van der Waals surface area contributed by atoms with Gasteiger partial charge >= 0.3 is 0 Å². The van der Waals surface area contributed by atoms with Crippen LogP contribution in [0.15, 0.2) is 0 Å². The molecule has 0 aromatic heterocycles. The quantitative estimate of drug-likeness (QED) is 0.105. The second-order valence-corrected chi connectivity index (χ2v) is 11.7. The summed E-state index contributed by atoms with van der Waals surface area (Å²) in [5, 5.41) is 0. The highest BCUT2D eigenvalue weighted by Crippen LogP contribution is 2.16. The maximum absolute atomic E-state index is 11.8. The van der Waals surface area contributed by atoms with E-state index in [2.05, 4.69) is 11.8 Å². The molecular formula is C33H65NO. The molecule has 0 aliphatic carbocycles. The van der Waals surface area contributed by atoms with Crippen LogP contribution in [0.25, 0.3) is 0 Å². The highest BCUT2D eigenvalue weighted by Gasteiger charge is 2.16. The minimum absolute atomic E-state index is 0.399. The van der Waals surface area contributed by atoms with Crippen molar-refractivity contribution in [3.63, 3.8) is 0 Å². The van der Waals surface area contributed by atoms with Gasteiger partial charge in [-0.1, -0.05) is 167 Å². The lowest BCUT2D eigenvalue weighted by atomic mass is 10.0. The first-order chi connectivity index (χ1) is 17.3. The molecular weight excluding hydrogens is 426 g/mol. The van der Waals surface area contributed by atoms with Crippen LogP contribution in [0.4, 0.5) is 0 Å². The predicted molar refractivity (Wildman–Crippen MR) is 156 cm³/mol. The normalized spacial score (nSPS) is 14.2. The third-order valence-corrected chi connectivity index (χ3v) is 8.20. The van der Waals surface area contributed by atoms with Gasteiger partial charge in [0.2, 0.25) is 5.91 Å². The second-order valence-electron chi connectivity index (χ2n) is 11.7. The molecule has 0 aromatic rings. The van der Waals surface area contributed by atoms with Crippen molar-refractivity contribution in [1.82, 2.24) is 4.90 Å². The fraction of sp³-hybridized carbons (Fsp3) is 0.970. The molecule has 208 valence electrons. The van der Waals surface area contributed by atoms with Crippen molar-refractivity contribution < 1.29 is 4.79 Å². The number of carbonyl (C=O) groups excluding carboxylic acids is 1. The first-order valence-corrected chi connectivity index (χ1v) is 16.6. The van der Waals surface area contributed by atoms with E-state index in [1.54, 1.807) is 0 Å². The highest BCUT2D eigenvalue weighted by molar-refractivity contribution is 5.76. The van der Waals surface area contributed by atoms with Gasteiger partial charge in [-0.2, -0.15) is 0 Å². The minimum Gasteiger partial charge on any atom is -0.343 e. The largest absolute Gasteiger partial charge is 0.343 e. The van der Waals surface area contributed by atoms with Gasteiger partial charge < -0.3 is 4.90 Å². The Kier molecular flexibility index (Phi) is 24.6. The molecule has 0 radical (unpaired) electrons. The number of likely N-dealkylation sites (tertiary alicyclic amines) is 1. The lowest BCUT2D eigenvalue weighted by molar-refractivity contribution is -0.133. The van der Waals surface area contributed by atoms with Crippen molar-refractivity contribution >= 4 is 5.91 Å². The van der Waals surface area contributed by atoms with Crippen molar-refractivity contribution in [3.8, 4) is 0 Å². The van der Waals surface area contributed by atoms with E-state index in [-0.39, 0.29) is 0 Å². The van der Waals surface area contributed by atoms with E-state index in [1.807, 2.05) is 0 Å². The maximum Gasteiger partial charge on any atom is 0.222 e. The van der Waals surface area contributed by atoms with E-state index in [4.69, 9.17) is 0 Å². The van der Waals surface area contributed by atoms with Crippen molar-refractivity contribution in [2.75, 3.05) is 13.1 Å². The molecule has 35 heavy (non-hydrogen) atoms. The predicted octanol–water partition coefficient (Wildman–Crippen LogP) is 11.2. The third kappa shape index (κ3) is 22.4. The van der Waals surface area contributed by atoms with Crippen LogP contribution in [0, 0.1) is 0 Å². The summed E-state index contributed by atoms with van der Waals surface area (Å²) < 4.78 is 0. The molecule has 0 N–H and O–H groups in total. The molecule has 1 heterocycles. The number of hydrogen-bond acceptors (Lipinski definition) is 1. The van der Waals surface area contributed by atoms with Gasteiger partial charge in [0.25, 0.3) is 0 Å². The van der Waals surface area contributed by atoms with E-state index >= 15 is 0 Å². The lowest BCUT2D eigenvalue weighted by Crippen LogP contribution is -2.35. The summed E-state index contributed by atoms with van der Waals surface area (Å²) in [5.74, 6) is 0.399. The van der Waals surface area contributed by atoms with Crippen LogP contribution in [-0.2, 0) is 4.79 Å². The average Bonchev–Trinajstić information content (AvgIpc) is 2.87. The van der Waals surface area contributed by atoms with Crippen LogP contribution < -0.4 is 0 Å². The Balaban J connectivity index is 1.64. The Morgan fingerprint density at radius 2 is 0.771 bits per heavy atom. The number of carbonyl (C=O) groups is 1. The summed E-state index contributed by atoms with van der Waals surface area (Å²) in [7, 11) is 0. The van der Waals surface area contributed by atoms with Crippen LogP contribution in [0.5, 0.6) is 0 Å². The summed E-state index contributed by atoms with van der Waals surface area (Å²) in [6, 6.07) is 0. The topological polar surface area (TPSA) is 20.3 Å². The third-order valence-electron chi connectivity index (χ3n) is 8.20. The van der Waals surface area contributed by atoms with Gasteiger partial charge in [0.15, 0.2) is 0 Å². The first-order valence-electron chi connectivity index (χ1n) is 16.6. The van der Waals surface area contributed by atoms with E-state index in [0.717, 1.165) is 25.9 Å². The summed E-state index contributed by atoms with van der Waals surface area (Å²) in [4.78, 5) is 13.9. The monoisotopic (exact) mass is 492 g/mol. The van der Waals surface area contributed by atoms with Gasteiger partial charge in [0, 0.05) is 19.5 Å². The van der Waals surface area contributed by atoms with Crippen molar-refractivity contribution in [2.45, 2.75) is 193 Å². The summed E-state index contributed by atoms with van der Waals surface area (Å²) >= 11 is 0. The van der Waals surface area contributed by atoms with E-state index in [0.29, 0.717) is 5.91 Å². The van der Waals surface area contributed by atoms with Gasteiger partial charge in [-0.3, -0.25) is 4.79 Å². The molecule has 2 heteroatoms. The molecule has 1 rings (SSSR count). The molecule has 0 bridgehead atoms. The number of rotatable bonds is 27. The number of amides is 1. The fourth-order valence-corrected chi connectivity index (χ4v) is 5.72. The first kappa shape index (κ1) is 32.5. The molecule has 1 saturated heterocycles. The second kappa shape index (κ2) is 26.5. The van der Waals surface area contributed by atoms with Crippen molar-refractivity contribution in [1.29, 1.82) is 0 Å². The molecule has 0 aromatic carbocycles. The zero-order chi connectivity index (χ0) is 25.1. The van der Waals surface area contributed by atoms with E-state index in [1.165, 1.54) is 173 Å². The van der Waals surface area contributed by atoms with Gasteiger partial charge in [0.1, 0.15) is 0 Å². The fourth-order valence-electron chi connectivity index (χ4n) is 5.72. The van der Waals surface area contributed by atoms with E-state index < -0.39 is 0 Å². The molecule has 0 atom stereocenters. The zero-order valence-electron chi connectivity index (χ0n) is 24.3. The molecule has 1 fully saturated rings. The minimum atomic E-state index is 0.399. The van der Waals surface area contributed by atoms with Crippen LogP contribution in [-0.4, -0.2) is 23.9 Å².